The predicted molar refractivity (Wildman–Crippen MR) is 80.3 cm³/mol. The van der Waals surface area contributed by atoms with E-state index in [9.17, 15) is 15.0 Å². The molecule has 0 spiro atoms. The van der Waals surface area contributed by atoms with Crippen LogP contribution in [0.2, 0.25) is 0 Å². The summed E-state index contributed by atoms with van der Waals surface area (Å²) >= 11 is 0. The van der Waals surface area contributed by atoms with Crippen LogP contribution >= 0.6 is 0 Å². The number of phenolic OH excluding ortho intramolecular Hbond substituents is 1. The van der Waals surface area contributed by atoms with Gasteiger partial charge < -0.3 is 10.2 Å². The highest BCUT2D eigenvalue weighted by Crippen LogP contribution is 2.23. The molecule has 0 saturated heterocycles. The molecule has 21 heavy (non-hydrogen) atoms. The minimum atomic E-state index is -0.343. The third-order valence-corrected chi connectivity index (χ3v) is 3.08. The van der Waals surface area contributed by atoms with Crippen LogP contribution in [0.4, 0.5) is 0 Å². The van der Waals surface area contributed by atoms with Crippen LogP contribution < -0.4 is 5.43 Å². The Bertz CT molecular complexity index is 667. The van der Waals surface area contributed by atoms with Gasteiger partial charge in [-0.1, -0.05) is 30.3 Å². The molecule has 0 aliphatic carbocycles. The van der Waals surface area contributed by atoms with Crippen LogP contribution in [-0.4, -0.2) is 22.3 Å². The van der Waals surface area contributed by atoms with Gasteiger partial charge in [-0.15, -0.1) is 0 Å². The first-order valence-corrected chi connectivity index (χ1v) is 6.44. The van der Waals surface area contributed by atoms with Crippen LogP contribution in [0.5, 0.6) is 5.75 Å². The van der Waals surface area contributed by atoms with Gasteiger partial charge in [0.1, 0.15) is 5.75 Å². The Labute approximate surface area is 122 Å². The topological polar surface area (TPSA) is 81.9 Å². The first-order chi connectivity index (χ1) is 10.1. The number of aliphatic hydroxyl groups excluding tert-OH is 1. The van der Waals surface area contributed by atoms with Crippen molar-refractivity contribution in [2.24, 2.45) is 5.10 Å². The number of hydrogen-bond acceptors (Lipinski definition) is 4. The number of carbonyl (C=O) groups is 1. The van der Waals surface area contributed by atoms with Crippen LogP contribution in [0.15, 0.2) is 47.6 Å². The summed E-state index contributed by atoms with van der Waals surface area (Å²) in [6.45, 7) is 1.53. The Morgan fingerprint density at radius 3 is 2.62 bits per heavy atom. The number of carbonyl (C=O) groups excluding carboxylic acids is 1. The lowest BCUT2D eigenvalue weighted by molar-refractivity contribution is 0.0955. The van der Waals surface area contributed by atoms with Gasteiger partial charge in [0.25, 0.3) is 5.91 Å². The molecule has 0 aliphatic heterocycles. The molecule has 0 saturated carbocycles. The fourth-order valence-corrected chi connectivity index (χ4v) is 1.85. The number of amides is 1. The van der Waals surface area contributed by atoms with Crippen molar-refractivity contribution in [3.63, 3.8) is 0 Å². The van der Waals surface area contributed by atoms with E-state index >= 15 is 0 Å². The maximum absolute atomic E-state index is 11.8. The molecule has 0 heterocycles. The molecule has 5 nitrogen and oxygen atoms in total. The molecule has 2 rings (SSSR count). The molecule has 108 valence electrons. The standard InChI is InChI=1S/C16H16N2O3/c1-11-7-8-13(10-19)14(15(11)20)9-17-18-16(21)12-5-3-2-4-6-12/h2-9,19-20H,10H2,1H3,(H,18,21)/b17-9+. The average Bonchev–Trinajstić information content (AvgIpc) is 2.52. The van der Waals surface area contributed by atoms with Gasteiger partial charge in [-0.3, -0.25) is 4.79 Å². The number of hydrazone groups is 1. The van der Waals surface area contributed by atoms with E-state index in [1.807, 2.05) is 6.07 Å². The van der Waals surface area contributed by atoms with E-state index in [1.54, 1.807) is 43.3 Å². The Morgan fingerprint density at radius 2 is 1.95 bits per heavy atom. The summed E-state index contributed by atoms with van der Waals surface area (Å²) in [6, 6.07) is 12.1. The van der Waals surface area contributed by atoms with Crippen molar-refractivity contribution in [3.05, 3.63) is 64.7 Å². The zero-order valence-corrected chi connectivity index (χ0v) is 11.6. The average molecular weight is 284 g/mol. The van der Waals surface area contributed by atoms with Gasteiger partial charge >= 0.3 is 0 Å². The molecular formula is C16H16N2O3. The van der Waals surface area contributed by atoms with E-state index in [0.717, 1.165) is 0 Å². The van der Waals surface area contributed by atoms with Crippen molar-refractivity contribution in [2.75, 3.05) is 0 Å². The molecular weight excluding hydrogens is 268 g/mol. The highest BCUT2D eigenvalue weighted by Gasteiger charge is 2.08. The van der Waals surface area contributed by atoms with Crippen molar-refractivity contribution in [3.8, 4) is 5.75 Å². The molecule has 1 amide bonds. The first-order valence-electron chi connectivity index (χ1n) is 6.44. The molecule has 0 aliphatic rings. The highest BCUT2D eigenvalue weighted by molar-refractivity contribution is 5.95. The molecule has 5 heteroatoms. The molecule has 3 N–H and O–H groups in total. The van der Waals surface area contributed by atoms with Gasteiger partial charge in [0.2, 0.25) is 0 Å². The molecule has 2 aromatic rings. The van der Waals surface area contributed by atoms with E-state index < -0.39 is 0 Å². The van der Waals surface area contributed by atoms with Gasteiger partial charge in [-0.2, -0.15) is 5.10 Å². The fraction of sp³-hybridized carbons (Fsp3) is 0.125. The van der Waals surface area contributed by atoms with Crippen LogP contribution in [0.1, 0.15) is 27.0 Å². The van der Waals surface area contributed by atoms with E-state index in [0.29, 0.717) is 22.3 Å². The van der Waals surface area contributed by atoms with Crippen molar-refractivity contribution >= 4 is 12.1 Å². The number of aliphatic hydroxyl groups is 1. The summed E-state index contributed by atoms with van der Waals surface area (Å²) in [5.74, 6) is -0.302. The lowest BCUT2D eigenvalue weighted by Gasteiger charge is -2.07. The number of rotatable bonds is 4. The van der Waals surface area contributed by atoms with Gasteiger partial charge in [-0.05, 0) is 30.2 Å². The van der Waals surface area contributed by atoms with E-state index in [1.165, 1.54) is 6.21 Å². The monoisotopic (exact) mass is 284 g/mol. The number of hydrogen-bond donors (Lipinski definition) is 3. The Balaban J connectivity index is 2.15. The maximum Gasteiger partial charge on any atom is 0.271 e. The number of phenols is 1. The zero-order valence-electron chi connectivity index (χ0n) is 11.6. The van der Waals surface area contributed by atoms with Crippen LogP contribution in [0, 0.1) is 6.92 Å². The van der Waals surface area contributed by atoms with Crippen LogP contribution in [-0.2, 0) is 6.61 Å². The second-order valence-corrected chi connectivity index (χ2v) is 4.53. The van der Waals surface area contributed by atoms with Gasteiger partial charge in [0.15, 0.2) is 0 Å². The smallest absolute Gasteiger partial charge is 0.271 e. The SMILES string of the molecule is Cc1ccc(CO)c(/C=N/NC(=O)c2ccccc2)c1O. The van der Waals surface area contributed by atoms with Crippen LogP contribution in [0.25, 0.3) is 0 Å². The maximum atomic E-state index is 11.8. The first kappa shape index (κ1) is 14.7. The minimum Gasteiger partial charge on any atom is -0.507 e. The summed E-state index contributed by atoms with van der Waals surface area (Å²) in [5.41, 5.74) is 4.48. The Kier molecular flexibility index (Phi) is 4.68. The Morgan fingerprint density at radius 1 is 1.24 bits per heavy atom. The lowest BCUT2D eigenvalue weighted by Crippen LogP contribution is -2.17. The van der Waals surface area contributed by atoms with Gasteiger partial charge in [0.05, 0.1) is 12.8 Å². The highest BCUT2D eigenvalue weighted by atomic mass is 16.3. The quantitative estimate of drug-likeness (QED) is 0.593. The lowest BCUT2D eigenvalue weighted by atomic mass is 10.0. The third-order valence-electron chi connectivity index (χ3n) is 3.08. The van der Waals surface area contributed by atoms with Gasteiger partial charge in [-0.25, -0.2) is 5.43 Å². The summed E-state index contributed by atoms with van der Waals surface area (Å²) < 4.78 is 0. The van der Waals surface area contributed by atoms with Crippen molar-refractivity contribution in [1.29, 1.82) is 0 Å². The fourth-order valence-electron chi connectivity index (χ4n) is 1.85. The molecule has 0 bridgehead atoms. The Hall–Kier alpha value is -2.66. The summed E-state index contributed by atoms with van der Waals surface area (Å²) in [5, 5.41) is 23.1. The normalized spacial score (nSPS) is 10.8. The molecule has 0 atom stereocenters. The minimum absolute atomic E-state index is 0.0410. The van der Waals surface area contributed by atoms with E-state index in [4.69, 9.17) is 0 Å². The van der Waals surface area contributed by atoms with Crippen molar-refractivity contribution < 1.29 is 15.0 Å². The summed E-state index contributed by atoms with van der Waals surface area (Å²) in [7, 11) is 0. The number of aromatic hydroxyl groups is 1. The van der Waals surface area contributed by atoms with Gasteiger partial charge in [0, 0.05) is 11.1 Å². The third kappa shape index (κ3) is 3.46. The number of nitrogens with zero attached hydrogens (tertiary/aromatic N) is 1. The van der Waals surface area contributed by atoms with E-state index in [-0.39, 0.29) is 18.3 Å². The number of nitrogens with one attached hydrogen (secondary N) is 1. The molecule has 0 radical (unpaired) electrons. The molecule has 0 unspecified atom stereocenters. The summed E-state index contributed by atoms with van der Waals surface area (Å²) in [4.78, 5) is 11.8. The molecule has 2 aromatic carbocycles. The molecule has 0 aromatic heterocycles. The molecule has 0 fully saturated rings. The number of benzene rings is 2. The van der Waals surface area contributed by atoms with Crippen molar-refractivity contribution in [1.82, 2.24) is 5.43 Å². The van der Waals surface area contributed by atoms with Crippen molar-refractivity contribution in [2.45, 2.75) is 13.5 Å². The summed E-state index contributed by atoms with van der Waals surface area (Å²) in [6.07, 6.45) is 1.33. The van der Waals surface area contributed by atoms with Crippen LogP contribution in [0.3, 0.4) is 0 Å². The second-order valence-electron chi connectivity index (χ2n) is 4.53. The number of aryl methyl sites for hydroxylation is 1. The second kappa shape index (κ2) is 6.67. The zero-order chi connectivity index (χ0) is 15.2. The van der Waals surface area contributed by atoms with E-state index in [2.05, 4.69) is 10.5 Å². The predicted octanol–water partition coefficient (Wildman–Crippen LogP) is 1.96. The largest absolute Gasteiger partial charge is 0.507 e.